The largest absolute Gasteiger partial charge is 0.432 e. The Morgan fingerprint density at radius 2 is 1.47 bits per heavy atom. The summed E-state index contributed by atoms with van der Waals surface area (Å²) in [5, 5.41) is 0. The van der Waals surface area contributed by atoms with Gasteiger partial charge >= 0.3 is 6.11 Å². The maximum absolute atomic E-state index is 14.7. The molecule has 0 aromatic heterocycles. The lowest BCUT2D eigenvalue weighted by Gasteiger charge is -2.33. The summed E-state index contributed by atoms with van der Waals surface area (Å²) in [6.45, 7) is 6.10. The van der Waals surface area contributed by atoms with Gasteiger partial charge in [-0.1, -0.05) is 19.8 Å². The Bertz CT molecular complexity index is 939. The standard InChI is InChI=1S/C26H30F6O2/c1-4-33-14-19(18-7-5-15(2)6-8-18)9-17-10-23(29)25(24(30)11-17)26(31,32)34-20-12-21(27)16(3)22(28)13-20/h10-13,15,18-19H,4-9,14H2,1-3H3. The first kappa shape index (κ1) is 26.4. The van der Waals surface area contributed by atoms with Crippen molar-refractivity contribution >= 4 is 0 Å². The van der Waals surface area contributed by atoms with Crippen LogP contribution < -0.4 is 4.74 Å². The van der Waals surface area contributed by atoms with Crippen molar-refractivity contribution in [2.24, 2.45) is 17.8 Å². The molecule has 0 bridgehead atoms. The maximum atomic E-state index is 14.7. The molecule has 34 heavy (non-hydrogen) atoms. The zero-order valence-corrected chi connectivity index (χ0v) is 19.6. The molecule has 0 radical (unpaired) electrons. The van der Waals surface area contributed by atoms with Crippen molar-refractivity contribution < 1.29 is 35.8 Å². The average molecular weight is 489 g/mol. The molecule has 1 fully saturated rings. The van der Waals surface area contributed by atoms with E-state index < -0.39 is 40.7 Å². The molecule has 2 aromatic rings. The van der Waals surface area contributed by atoms with E-state index >= 15 is 0 Å². The van der Waals surface area contributed by atoms with Crippen LogP contribution in [0.25, 0.3) is 0 Å². The molecule has 8 heteroatoms. The lowest BCUT2D eigenvalue weighted by Crippen LogP contribution is -2.27. The van der Waals surface area contributed by atoms with Gasteiger partial charge in [0, 0.05) is 30.9 Å². The molecule has 188 valence electrons. The van der Waals surface area contributed by atoms with Crippen LogP contribution in [0.2, 0.25) is 0 Å². The van der Waals surface area contributed by atoms with Gasteiger partial charge < -0.3 is 9.47 Å². The summed E-state index contributed by atoms with van der Waals surface area (Å²) in [6, 6.07) is 2.83. The summed E-state index contributed by atoms with van der Waals surface area (Å²) in [5.41, 5.74) is -1.75. The van der Waals surface area contributed by atoms with Crippen LogP contribution in [-0.2, 0) is 17.3 Å². The van der Waals surface area contributed by atoms with Crippen LogP contribution in [-0.4, -0.2) is 13.2 Å². The van der Waals surface area contributed by atoms with Gasteiger partial charge in [-0.15, -0.1) is 0 Å². The molecule has 0 saturated heterocycles. The Labute approximate surface area is 196 Å². The van der Waals surface area contributed by atoms with Gasteiger partial charge in [0.2, 0.25) is 0 Å². The van der Waals surface area contributed by atoms with E-state index in [0.29, 0.717) is 37.2 Å². The predicted octanol–water partition coefficient (Wildman–Crippen LogP) is 7.70. The molecule has 1 aliphatic rings. The molecule has 0 heterocycles. The van der Waals surface area contributed by atoms with Gasteiger partial charge in [0.1, 0.15) is 34.6 Å². The van der Waals surface area contributed by atoms with Crippen LogP contribution in [0, 0.1) is 47.9 Å². The highest BCUT2D eigenvalue weighted by Crippen LogP contribution is 2.38. The van der Waals surface area contributed by atoms with Crippen molar-refractivity contribution in [2.75, 3.05) is 13.2 Å². The van der Waals surface area contributed by atoms with Gasteiger partial charge in [-0.2, -0.15) is 8.78 Å². The molecule has 1 atom stereocenters. The number of ether oxygens (including phenoxy) is 2. The summed E-state index contributed by atoms with van der Waals surface area (Å²) < 4.78 is 96.1. The van der Waals surface area contributed by atoms with E-state index in [0.717, 1.165) is 44.7 Å². The molecule has 0 spiro atoms. The minimum Gasteiger partial charge on any atom is -0.429 e. The third kappa shape index (κ3) is 6.26. The first-order valence-corrected chi connectivity index (χ1v) is 11.6. The third-order valence-electron chi connectivity index (χ3n) is 6.65. The molecule has 0 amide bonds. The van der Waals surface area contributed by atoms with Crippen LogP contribution >= 0.6 is 0 Å². The lowest BCUT2D eigenvalue weighted by atomic mass is 9.74. The number of alkyl halides is 2. The van der Waals surface area contributed by atoms with Crippen molar-refractivity contribution in [1.82, 2.24) is 0 Å². The number of hydrogen-bond donors (Lipinski definition) is 0. The van der Waals surface area contributed by atoms with E-state index in [1.54, 1.807) is 0 Å². The van der Waals surface area contributed by atoms with E-state index in [4.69, 9.17) is 4.74 Å². The Hall–Kier alpha value is -2.22. The zero-order chi connectivity index (χ0) is 25.0. The average Bonchev–Trinajstić information content (AvgIpc) is 2.74. The Balaban J connectivity index is 1.82. The van der Waals surface area contributed by atoms with E-state index in [-0.39, 0.29) is 23.5 Å². The quantitative estimate of drug-likeness (QED) is 0.337. The van der Waals surface area contributed by atoms with Gasteiger partial charge in [0.25, 0.3) is 0 Å². The van der Waals surface area contributed by atoms with Crippen LogP contribution in [0.4, 0.5) is 26.3 Å². The van der Waals surface area contributed by atoms with Crippen molar-refractivity contribution in [2.45, 2.75) is 59.0 Å². The summed E-state index contributed by atoms with van der Waals surface area (Å²) >= 11 is 0. The van der Waals surface area contributed by atoms with E-state index in [1.165, 1.54) is 0 Å². The smallest absolute Gasteiger partial charge is 0.429 e. The Morgan fingerprint density at radius 3 is 2.00 bits per heavy atom. The number of rotatable bonds is 9. The van der Waals surface area contributed by atoms with E-state index in [2.05, 4.69) is 11.7 Å². The zero-order valence-electron chi connectivity index (χ0n) is 19.6. The minimum atomic E-state index is -4.48. The molecule has 0 N–H and O–H groups in total. The number of benzene rings is 2. The van der Waals surface area contributed by atoms with Crippen molar-refractivity contribution in [1.29, 1.82) is 0 Å². The topological polar surface area (TPSA) is 18.5 Å². The molecular formula is C26H30F6O2. The number of hydrogen-bond acceptors (Lipinski definition) is 2. The Morgan fingerprint density at radius 1 is 0.912 bits per heavy atom. The van der Waals surface area contributed by atoms with E-state index in [1.807, 2.05) is 6.92 Å². The monoisotopic (exact) mass is 488 g/mol. The van der Waals surface area contributed by atoms with Crippen LogP contribution in [0.3, 0.4) is 0 Å². The molecule has 2 nitrogen and oxygen atoms in total. The highest BCUT2D eigenvalue weighted by Gasteiger charge is 2.41. The molecule has 3 rings (SSSR count). The van der Waals surface area contributed by atoms with Crippen LogP contribution in [0.1, 0.15) is 56.2 Å². The maximum Gasteiger partial charge on any atom is 0.432 e. The molecule has 0 aliphatic heterocycles. The summed E-state index contributed by atoms with van der Waals surface area (Å²) in [6.07, 6.45) is -0.0917. The van der Waals surface area contributed by atoms with Crippen molar-refractivity contribution in [3.8, 4) is 5.75 Å². The minimum absolute atomic E-state index is 0.00682. The SMILES string of the molecule is CCOCC(Cc1cc(F)c(C(F)(F)Oc2cc(F)c(C)c(F)c2)c(F)c1)C1CCC(C)CC1. The molecule has 2 aromatic carbocycles. The van der Waals surface area contributed by atoms with Crippen molar-refractivity contribution in [3.63, 3.8) is 0 Å². The normalized spacial score (nSPS) is 19.8. The first-order chi connectivity index (χ1) is 16.0. The second kappa shape index (κ2) is 11.0. The summed E-state index contributed by atoms with van der Waals surface area (Å²) in [7, 11) is 0. The Kier molecular flexibility index (Phi) is 8.55. The second-order valence-electron chi connectivity index (χ2n) is 9.21. The lowest BCUT2D eigenvalue weighted by molar-refractivity contribution is -0.189. The first-order valence-electron chi connectivity index (χ1n) is 11.6. The molecule has 1 aliphatic carbocycles. The van der Waals surface area contributed by atoms with Gasteiger partial charge in [-0.25, -0.2) is 17.6 Å². The second-order valence-corrected chi connectivity index (χ2v) is 9.21. The number of halogens is 6. The fraction of sp³-hybridized carbons (Fsp3) is 0.538. The highest BCUT2D eigenvalue weighted by molar-refractivity contribution is 5.33. The van der Waals surface area contributed by atoms with Gasteiger partial charge in [-0.05, 0) is 68.6 Å². The molecular weight excluding hydrogens is 458 g/mol. The van der Waals surface area contributed by atoms with Gasteiger partial charge in [-0.3, -0.25) is 0 Å². The third-order valence-corrected chi connectivity index (χ3v) is 6.65. The fourth-order valence-corrected chi connectivity index (χ4v) is 4.59. The fourth-order valence-electron chi connectivity index (χ4n) is 4.59. The molecule has 1 unspecified atom stereocenters. The van der Waals surface area contributed by atoms with Crippen LogP contribution in [0.5, 0.6) is 5.75 Å². The predicted molar refractivity (Wildman–Crippen MR) is 117 cm³/mol. The van der Waals surface area contributed by atoms with Gasteiger partial charge in [0.05, 0.1) is 0 Å². The summed E-state index contributed by atoms with van der Waals surface area (Å²) in [5.74, 6) is -5.11. The van der Waals surface area contributed by atoms with Crippen LogP contribution in [0.15, 0.2) is 24.3 Å². The van der Waals surface area contributed by atoms with E-state index in [9.17, 15) is 26.3 Å². The van der Waals surface area contributed by atoms with Crippen molar-refractivity contribution in [3.05, 3.63) is 64.2 Å². The summed E-state index contributed by atoms with van der Waals surface area (Å²) in [4.78, 5) is 0. The molecule has 1 saturated carbocycles. The highest BCUT2D eigenvalue weighted by atomic mass is 19.3. The van der Waals surface area contributed by atoms with Gasteiger partial charge in [0.15, 0.2) is 0 Å².